The SMILES string of the molecule is O=C(c1cnc(N2CCCCC2)c2ccccc12)N1CCc2ccccc21. The first-order valence-electron chi connectivity index (χ1n) is 9.85. The third-order valence-corrected chi connectivity index (χ3v) is 5.79. The molecule has 0 saturated carbocycles. The molecule has 3 aromatic rings. The van der Waals surface area contributed by atoms with Crippen LogP contribution < -0.4 is 9.80 Å². The highest BCUT2D eigenvalue weighted by Crippen LogP contribution is 2.33. The van der Waals surface area contributed by atoms with E-state index in [1.807, 2.05) is 35.2 Å². The van der Waals surface area contributed by atoms with Crippen molar-refractivity contribution in [3.63, 3.8) is 0 Å². The van der Waals surface area contributed by atoms with Gasteiger partial charge in [0.15, 0.2) is 0 Å². The van der Waals surface area contributed by atoms with Crippen molar-refractivity contribution in [3.8, 4) is 0 Å². The van der Waals surface area contributed by atoms with E-state index in [1.54, 1.807) is 6.20 Å². The number of carbonyl (C=O) groups excluding carboxylic acids is 1. The fourth-order valence-corrected chi connectivity index (χ4v) is 4.40. The summed E-state index contributed by atoms with van der Waals surface area (Å²) < 4.78 is 0. The molecule has 3 heterocycles. The van der Waals surface area contributed by atoms with Crippen LogP contribution in [0.5, 0.6) is 0 Å². The van der Waals surface area contributed by atoms with Crippen molar-refractivity contribution in [1.29, 1.82) is 0 Å². The van der Waals surface area contributed by atoms with E-state index < -0.39 is 0 Å². The largest absolute Gasteiger partial charge is 0.356 e. The van der Waals surface area contributed by atoms with Crippen molar-refractivity contribution < 1.29 is 4.79 Å². The van der Waals surface area contributed by atoms with Crippen molar-refractivity contribution in [2.45, 2.75) is 25.7 Å². The Bertz CT molecular complexity index is 1010. The average Bonchev–Trinajstić information content (AvgIpc) is 3.17. The van der Waals surface area contributed by atoms with E-state index in [1.165, 1.54) is 24.8 Å². The van der Waals surface area contributed by atoms with Crippen LogP contribution in [-0.2, 0) is 6.42 Å². The van der Waals surface area contributed by atoms with Crippen LogP contribution in [-0.4, -0.2) is 30.5 Å². The van der Waals surface area contributed by atoms with Gasteiger partial charge in [-0.15, -0.1) is 0 Å². The molecule has 0 spiro atoms. The maximum Gasteiger partial charge on any atom is 0.260 e. The Morgan fingerprint density at radius 3 is 2.44 bits per heavy atom. The lowest BCUT2D eigenvalue weighted by Crippen LogP contribution is -2.31. The van der Waals surface area contributed by atoms with Crippen LogP contribution in [0.1, 0.15) is 35.2 Å². The third kappa shape index (κ3) is 2.76. The van der Waals surface area contributed by atoms with E-state index >= 15 is 0 Å². The predicted molar refractivity (Wildman–Crippen MR) is 110 cm³/mol. The van der Waals surface area contributed by atoms with Crippen molar-refractivity contribution in [2.24, 2.45) is 0 Å². The Morgan fingerprint density at radius 2 is 1.59 bits per heavy atom. The third-order valence-electron chi connectivity index (χ3n) is 5.79. The lowest BCUT2D eigenvalue weighted by Gasteiger charge is -2.29. The van der Waals surface area contributed by atoms with Gasteiger partial charge in [0.05, 0.1) is 5.56 Å². The highest BCUT2D eigenvalue weighted by molar-refractivity contribution is 6.16. The maximum atomic E-state index is 13.4. The van der Waals surface area contributed by atoms with Crippen LogP contribution >= 0.6 is 0 Å². The molecule has 4 nitrogen and oxygen atoms in total. The van der Waals surface area contributed by atoms with E-state index in [9.17, 15) is 4.79 Å². The van der Waals surface area contributed by atoms with Crippen LogP contribution in [0.25, 0.3) is 10.8 Å². The first-order chi connectivity index (χ1) is 13.3. The minimum Gasteiger partial charge on any atom is -0.356 e. The minimum absolute atomic E-state index is 0.0499. The number of fused-ring (bicyclic) bond motifs is 2. The zero-order valence-electron chi connectivity index (χ0n) is 15.4. The lowest BCUT2D eigenvalue weighted by molar-refractivity contribution is 0.0990. The summed E-state index contributed by atoms with van der Waals surface area (Å²) >= 11 is 0. The number of aromatic nitrogens is 1. The molecule has 0 unspecified atom stereocenters. The maximum absolute atomic E-state index is 13.4. The van der Waals surface area contributed by atoms with Gasteiger partial charge < -0.3 is 9.80 Å². The molecular weight excluding hydrogens is 334 g/mol. The highest BCUT2D eigenvalue weighted by atomic mass is 16.2. The van der Waals surface area contributed by atoms with Crippen molar-refractivity contribution in [2.75, 3.05) is 29.4 Å². The Morgan fingerprint density at radius 1 is 0.852 bits per heavy atom. The van der Waals surface area contributed by atoms with Gasteiger partial charge in [-0.05, 0) is 42.7 Å². The number of rotatable bonds is 2. The first kappa shape index (κ1) is 16.3. The monoisotopic (exact) mass is 357 g/mol. The molecule has 0 aliphatic carbocycles. The fraction of sp³-hybridized carbons (Fsp3) is 0.304. The number of benzene rings is 2. The van der Waals surface area contributed by atoms with E-state index in [2.05, 4.69) is 23.1 Å². The molecular formula is C23H23N3O. The molecule has 2 aliphatic rings. The van der Waals surface area contributed by atoms with Gasteiger partial charge in [0, 0.05) is 36.9 Å². The fourth-order valence-electron chi connectivity index (χ4n) is 4.40. The second-order valence-electron chi connectivity index (χ2n) is 7.42. The zero-order valence-corrected chi connectivity index (χ0v) is 15.4. The summed E-state index contributed by atoms with van der Waals surface area (Å²) in [7, 11) is 0. The van der Waals surface area contributed by atoms with Crippen LogP contribution in [0.2, 0.25) is 0 Å². The Hall–Kier alpha value is -2.88. The van der Waals surface area contributed by atoms with Crippen LogP contribution in [0.15, 0.2) is 54.7 Å². The van der Waals surface area contributed by atoms with Gasteiger partial charge in [-0.1, -0.05) is 42.5 Å². The minimum atomic E-state index is 0.0499. The Kier molecular flexibility index (Phi) is 4.04. The van der Waals surface area contributed by atoms with Gasteiger partial charge in [-0.3, -0.25) is 4.79 Å². The molecule has 0 bridgehead atoms. The summed E-state index contributed by atoms with van der Waals surface area (Å²) in [6, 6.07) is 16.4. The van der Waals surface area contributed by atoms with Gasteiger partial charge in [-0.2, -0.15) is 0 Å². The summed E-state index contributed by atoms with van der Waals surface area (Å²) in [6.07, 6.45) is 6.41. The summed E-state index contributed by atoms with van der Waals surface area (Å²) in [5, 5.41) is 2.08. The second-order valence-corrected chi connectivity index (χ2v) is 7.42. The molecule has 0 radical (unpaired) electrons. The van der Waals surface area contributed by atoms with Crippen LogP contribution in [0.3, 0.4) is 0 Å². The zero-order chi connectivity index (χ0) is 18.2. The number of hydrogen-bond acceptors (Lipinski definition) is 3. The summed E-state index contributed by atoms with van der Waals surface area (Å²) in [5.41, 5.74) is 2.97. The van der Waals surface area contributed by atoms with Crippen molar-refractivity contribution >= 4 is 28.2 Å². The van der Waals surface area contributed by atoms with E-state index in [4.69, 9.17) is 4.98 Å². The first-order valence-corrected chi connectivity index (χ1v) is 9.85. The smallest absolute Gasteiger partial charge is 0.260 e. The number of pyridine rings is 1. The van der Waals surface area contributed by atoms with Crippen LogP contribution in [0.4, 0.5) is 11.5 Å². The van der Waals surface area contributed by atoms with E-state index in [0.29, 0.717) is 5.56 Å². The second kappa shape index (κ2) is 6.69. The number of para-hydroxylation sites is 1. The summed E-state index contributed by atoms with van der Waals surface area (Å²) in [5.74, 6) is 1.07. The molecule has 2 aliphatic heterocycles. The van der Waals surface area contributed by atoms with Crippen LogP contribution in [0, 0.1) is 0 Å². The number of amides is 1. The van der Waals surface area contributed by atoms with Gasteiger partial charge in [0.1, 0.15) is 5.82 Å². The molecule has 1 fully saturated rings. The van der Waals surface area contributed by atoms with Gasteiger partial charge in [-0.25, -0.2) is 4.98 Å². The average molecular weight is 357 g/mol. The molecule has 1 aromatic heterocycles. The van der Waals surface area contributed by atoms with Gasteiger partial charge in [0.25, 0.3) is 5.91 Å². The summed E-state index contributed by atoms with van der Waals surface area (Å²) in [4.78, 5) is 22.4. The standard InChI is InChI=1S/C23H23N3O/c27-23(26-15-12-17-8-2-5-11-21(17)26)20-16-24-22(25-13-6-1-7-14-25)19-10-4-3-9-18(19)20/h2-5,8-11,16H,1,6-7,12-15H2. The quantitative estimate of drug-likeness (QED) is 0.681. The summed E-state index contributed by atoms with van der Waals surface area (Å²) in [6.45, 7) is 2.83. The van der Waals surface area contributed by atoms with Crippen molar-refractivity contribution in [3.05, 3.63) is 65.9 Å². The molecule has 0 N–H and O–H groups in total. The highest BCUT2D eigenvalue weighted by Gasteiger charge is 2.27. The Balaban J connectivity index is 1.57. The van der Waals surface area contributed by atoms with Gasteiger partial charge in [0.2, 0.25) is 0 Å². The topological polar surface area (TPSA) is 36.4 Å². The number of hydrogen-bond donors (Lipinski definition) is 0. The molecule has 27 heavy (non-hydrogen) atoms. The van der Waals surface area contributed by atoms with E-state index in [0.717, 1.165) is 48.3 Å². The molecule has 4 heteroatoms. The van der Waals surface area contributed by atoms with Gasteiger partial charge >= 0.3 is 0 Å². The number of anilines is 2. The number of piperidine rings is 1. The number of nitrogens with zero attached hydrogens (tertiary/aromatic N) is 3. The molecule has 5 rings (SSSR count). The molecule has 0 atom stereocenters. The Labute approximate surface area is 159 Å². The van der Waals surface area contributed by atoms with E-state index in [-0.39, 0.29) is 5.91 Å². The molecule has 1 amide bonds. The molecule has 2 aromatic carbocycles. The molecule has 1 saturated heterocycles. The lowest BCUT2D eigenvalue weighted by atomic mass is 10.0. The molecule has 136 valence electrons. The normalized spacial score (nSPS) is 16.6. The van der Waals surface area contributed by atoms with Crippen molar-refractivity contribution in [1.82, 2.24) is 4.98 Å². The predicted octanol–water partition coefficient (Wildman–Crippen LogP) is 4.43. The number of carbonyl (C=O) groups is 1.